The highest BCUT2D eigenvalue weighted by molar-refractivity contribution is 6.01. The zero-order valence-electron chi connectivity index (χ0n) is 14.8. The fourth-order valence-electron chi connectivity index (χ4n) is 2.35. The SMILES string of the molecule is COc1ccc(C(=O)COC(=O)c2cnn(-c3ccccc3)n2)c(OC)c1. The lowest BCUT2D eigenvalue weighted by Gasteiger charge is -2.09. The number of hydrogen-bond donors (Lipinski definition) is 0. The van der Waals surface area contributed by atoms with Crippen molar-refractivity contribution in [2.75, 3.05) is 20.8 Å². The minimum atomic E-state index is -0.738. The Morgan fingerprint density at radius 2 is 1.81 bits per heavy atom. The molecule has 0 radical (unpaired) electrons. The Hall–Kier alpha value is -3.68. The molecule has 1 aromatic heterocycles. The van der Waals surface area contributed by atoms with Crippen LogP contribution in [0.4, 0.5) is 0 Å². The lowest BCUT2D eigenvalue weighted by Crippen LogP contribution is -2.15. The van der Waals surface area contributed by atoms with Crippen molar-refractivity contribution in [3.8, 4) is 17.2 Å². The number of para-hydroxylation sites is 1. The van der Waals surface area contributed by atoms with Gasteiger partial charge in [0.1, 0.15) is 11.5 Å². The molecule has 0 aliphatic rings. The maximum atomic E-state index is 12.3. The molecule has 0 spiro atoms. The number of ether oxygens (including phenoxy) is 3. The number of aromatic nitrogens is 3. The lowest BCUT2D eigenvalue weighted by atomic mass is 10.1. The van der Waals surface area contributed by atoms with Gasteiger partial charge in [-0.05, 0) is 24.3 Å². The molecule has 0 N–H and O–H groups in total. The molecule has 1 heterocycles. The van der Waals surface area contributed by atoms with Crippen LogP contribution in [0.5, 0.6) is 11.5 Å². The first-order valence-corrected chi connectivity index (χ1v) is 8.02. The summed E-state index contributed by atoms with van der Waals surface area (Å²) in [6.45, 7) is -0.445. The van der Waals surface area contributed by atoms with E-state index in [-0.39, 0.29) is 5.69 Å². The van der Waals surface area contributed by atoms with E-state index in [0.717, 1.165) is 0 Å². The zero-order valence-corrected chi connectivity index (χ0v) is 14.8. The van der Waals surface area contributed by atoms with Gasteiger partial charge in [0.25, 0.3) is 0 Å². The summed E-state index contributed by atoms with van der Waals surface area (Å²) in [5.41, 5.74) is 1.00. The first kappa shape index (κ1) is 18.1. The average Bonchev–Trinajstić information content (AvgIpc) is 3.22. The molecule has 0 aliphatic carbocycles. The van der Waals surface area contributed by atoms with Crippen LogP contribution in [-0.2, 0) is 4.74 Å². The predicted octanol–water partition coefficient (Wildman–Crippen LogP) is 2.32. The van der Waals surface area contributed by atoms with Gasteiger partial charge in [-0.25, -0.2) is 4.79 Å². The lowest BCUT2D eigenvalue weighted by molar-refractivity contribution is 0.0467. The van der Waals surface area contributed by atoms with Crippen LogP contribution in [0.3, 0.4) is 0 Å². The van der Waals surface area contributed by atoms with Crippen molar-refractivity contribution in [1.29, 1.82) is 0 Å². The molecule has 8 heteroatoms. The molecule has 0 atom stereocenters. The van der Waals surface area contributed by atoms with Gasteiger partial charge in [0.2, 0.25) is 5.78 Å². The third kappa shape index (κ3) is 4.12. The van der Waals surface area contributed by atoms with E-state index in [2.05, 4.69) is 10.2 Å². The van der Waals surface area contributed by atoms with Crippen LogP contribution in [0.1, 0.15) is 20.8 Å². The van der Waals surface area contributed by atoms with Gasteiger partial charge in [0.15, 0.2) is 12.3 Å². The Bertz CT molecular complexity index is 953. The normalized spacial score (nSPS) is 10.3. The maximum Gasteiger partial charge on any atom is 0.361 e. The summed E-state index contributed by atoms with van der Waals surface area (Å²) in [5, 5.41) is 8.09. The van der Waals surface area contributed by atoms with Crippen LogP contribution in [0, 0.1) is 0 Å². The largest absolute Gasteiger partial charge is 0.497 e. The number of carbonyl (C=O) groups is 2. The Morgan fingerprint density at radius 1 is 1.04 bits per heavy atom. The number of carbonyl (C=O) groups excluding carboxylic acids is 2. The summed E-state index contributed by atoms with van der Waals surface area (Å²) in [6.07, 6.45) is 1.29. The Balaban J connectivity index is 1.66. The molecule has 3 aromatic rings. The van der Waals surface area contributed by atoms with E-state index in [1.54, 1.807) is 30.3 Å². The first-order chi connectivity index (χ1) is 13.1. The second kappa shape index (κ2) is 8.13. The number of Topliss-reactive ketones (excluding diaryl/α,β-unsaturated/α-hetero) is 1. The summed E-state index contributed by atoms with van der Waals surface area (Å²) < 4.78 is 15.3. The van der Waals surface area contributed by atoms with Gasteiger partial charge < -0.3 is 14.2 Å². The summed E-state index contributed by atoms with van der Waals surface area (Å²) in [5.74, 6) is -0.250. The number of nitrogens with zero attached hydrogens (tertiary/aromatic N) is 3. The number of benzene rings is 2. The van der Waals surface area contributed by atoms with E-state index in [1.807, 2.05) is 18.2 Å². The topological polar surface area (TPSA) is 92.5 Å². The fourth-order valence-corrected chi connectivity index (χ4v) is 2.35. The van der Waals surface area contributed by atoms with Crippen LogP contribution in [0.25, 0.3) is 5.69 Å². The second-order valence-corrected chi connectivity index (χ2v) is 5.42. The third-order valence-electron chi connectivity index (χ3n) is 3.73. The van der Waals surface area contributed by atoms with Crippen molar-refractivity contribution >= 4 is 11.8 Å². The van der Waals surface area contributed by atoms with Crippen LogP contribution in [-0.4, -0.2) is 47.6 Å². The van der Waals surface area contributed by atoms with E-state index < -0.39 is 18.4 Å². The van der Waals surface area contributed by atoms with Crippen LogP contribution < -0.4 is 9.47 Å². The van der Waals surface area contributed by atoms with Crippen molar-refractivity contribution in [2.24, 2.45) is 0 Å². The van der Waals surface area contributed by atoms with E-state index in [1.165, 1.54) is 25.2 Å². The molecule has 8 nitrogen and oxygen atoms in total. The smallest absolute Gasteiger partial charge is 0.361 e. The fraction of sp³-hybridized carbons (Fsp3) is 0.158. The molecule has 0 saturated carbocycles. The minimum Gasteiger partial charge on any atom is -0.497 e. The molecule has 27 heavy (non-hydrogen) atoms. The van der Waals surface area contributed by atoms with Crippen molar-refractivity contribution in [3.63, 3.8) is 0 Å². The summed E-state index contributed by atoms with van der Waals surface area (Å²) in [6, 6.07) is 13.9. The van der Waals surface area contributed by atoms with E-state index >= 15 is 0 Å². The highest BCUT2D eigenvalue weighted by Crippen LogP contribution is 2.25. The van der Waals surface area contributed by atoms with Gasteiger partial charge in [-0.15, -0.1) is 5.10 Å². The van der Waals surface area contributed by atoms with Crippen molar-refractivity contribution < 1.29 is 23.8 Å². The van der Waals surface area contributed by atoms with Gasteiger partial charge in [-0.3, -0.25) is 4.79 Å². The molecule has 138 valence electrons. The molecule has 3 rings (SSSR count). The van der Waals surface area contributed by atoms with Gasteiger partial charge in [0.05, 0.1) is 31.7 Å². The van der Waals surface area contributed by atoms with Gasteiger partial charge >= 0.3 is 5.97 Å². The quantitative estimate of drug-likeness (QED) is 0.467. The number of methoxy groups -OCH3 is 2. The van der Waals surface area contributed by atoms with E-state index in [0.29, 0.717) is 22.7 Å². The molecule has 0 bridgehead atoms. The van der Waals surface area contributed by atoms with Crippen LogP contribution in [0.2, 0.25) is 0 Å². The monoisotopic (exact) mass is 367 g/mol. The number of esters is 1. The predicted molar refractivity (Wildman–Crippen MR) is 95.5 cm³/mol. The molecule has 0 saturated heterocycles. The maximum absolute atomic E-state index is 12.3. The highest BCUT2D eigenvalue weighted by Gasteiger charge is 2.18. The van der Waals surface area contributed by atoms with Gasteiger partial charge in [-0.2, -0.15) is 9.90 Å². The van der Waals surface area contributed by atoms with E-state index in [4.69, 9.17) is 14.2 Å². The third-order valence-corrected chi connectivity index (χ3v) is 3.73. The minimum absolute atomic E-state index is 0.00773. The average molecular weight is 367 g/mol. The molecule has 2 aromatic carbocycles. The van der Waals surface area contributed by atoms with Crippen LogP contribution in [0.15, 0.2) is 54.7 Å². The van der Waals surface area contributed by atoms with Crippen molar-refractivity contribution in [3.05, 3.63) is 66.0 Å². The molecular formula is C19H17N3O5. The summed E-state index contributed by atoms with van der Waals surface area (Å²) in [7, 11) is 2.96. The summed E-state index contributed by atoms with van der Waals surface area (Å²) >= 11 is 0. The van der Waals surface area contributed by atoms with Gasteiger partial charge in [-0.1, -0.05) is 18.2 Å². The first-order valence-electron chi connectivity index (χ1n) is 8.02. The van der Waals surface area contributed by atoms with Crippen molar-refractivity contribution in [2.45, 2.75) is 0 Å². The van der Waals surface area contributed by atoms with E-state index in [9.17, 15) is 9.59 Å². The molecule has 0 fully saturated rings. The van der Waals surface area contributed by atoms with Gasteiger partial charge in [0, 0.05) is 6.07 Å². The van der Waals surface area contributed by atoms with Crippen LogP contribution >= 0.6 is 0 Å². The molecule has 0 unspecified atom stereocenters. The standard InChI is InChI=1S/C19H17N3O5/c1-25-14-8-9-15(18(10-14)26-2)17(23)12-27-19(24)16-11-20-22(21-16)13-6-4-3-5-7-13/h3-11H,12H2,1-2H3. The Labute approximate surface area is 155 Å². The number of hydrogen-bond acceptors (Lipinski definition) is 7. The Kier molecular flexibility index (Phi) is 5.46. The highest BCUT2D eigenvalue weighted by atomic mass is 16.5. The molecule has 0 aliphatic heterocycles. The number of ketones is 1. The Morgan fingerprint density at radius 3 is 2.52 bits per heavy atom. The van der Waals surface area contributed by atoms with Crippen molar-refractivity contribution in [1.82, 2.24) is 15.0 Å². The number of rotatable bonds is 7. The second-order valence-electron chi connectivity index (χ2n) is 5.42. The summed E-state index contributed by atoms with van der Waals surface area (Å²) in [4.78, 5) is 25.8. The molecule has 0 amide bonds. The zero-order chi connectivity index (χ0) is 19.2. The molecular weight excluding hydrogens is 350 g/mol.